The Hall–Kier alpha value is -1.36. The molecule has 0 aliphatic carbocycles. The normalized spacial score (nSPS) is 18.5. The number of carbonyl (C=O) groups is 1. The van der Waals surface area contributed by atoms with Gasteiger partial charge in [-0.05, 0) is 18.9 Å². The largest absolute Gasteiger partial charge is 0.493 e. The fourth-order valence-corrected chi connectivity index (χ4v) is 4.53. The number of unbranched alkanes of at least 4 members (excludes halogenated alkanes) is 1. The van der Waals surface area contributed by atoms with Gasteiger partial charge in [0.15, 0.2) is 11.5 Å². The van der Waals surface area contributed by atoms with Gasteiger partial charge in [0.05, 0.1) is 14.2 Å². The summed E-state index contributed by atoms with van der Waals surface area (Å²) >= 11 is 1.80. The van der Waals surface area contributed by atoms with Crippen LogP contribution >= 0.6 is 11.8 Å². The van der Waals surface area contributed by atoms with Crippen LogP contribution in [0.1, 0.15) is 50.5 Å². The van der Waals surface area contributed by atoms with Crippen molar-refractivity contribution in [2.75, 3.05) is 26.5 Å². The van der Waals surface area contributed by atoms with E-state index in [-0.39, 0.29) is 17.2 Å². The van der Waals surface area contributed by atoms with Crippen LogP contribution in [0.5, 0.6) is 11.5 Å². The van der Waals surface area contributed by atoms with Crippen molar-refractivity contribution in [1.29, 1.82) is 0 Å². The lowest BCUT2D eigenvalue weighted by molar-refractivity contribution is -0.136. The van der Waals surface area contributed by atoms with Gasteiger partial charge in [-0.2, -0.15) is 0 Å². The summed E-state index contributed by atoms with van der Waals surface area (Å²) in [6, 6.07) is 5.90. The molecule has 0 spiro atoms. The molecular weight excluding hydrogens is 322 g/mol. The van der Waals surface area contributed by atoms with Crippen molar-refractivity contribution >= 4 is 17.7 Å². The summed E-state index contributed by atoms with van der Waals surface area (Å²) in [4.78, 5) is 15.1. The van der Waals surface area contributed by atoms with E-state index in [1.54, 1.807) is 26.0 Å². The molecule has 2 atom stereocenters. The molecule has 0 saturated carbocycles. The second-order valence-corrected chi connectivity index (χ2v) is 7.27. The number of hydrogen-bond donors (Lipinski definition) is 0. The maximum absolute atomic E-state index is 13.1. The van der Waals surface area contributed by atoms with Gasteiger partial charge in [0.25, 0.3) is 0 Å². The van der Waals surface area contributed by atoms with Crippen molar-refractivity contribution in [2.24, 2.45) is 5.92 Å². The zero-order valence-corrected chi connectivity index (χ0v) is 16.0. The predicted molar refractivity (Wildman–Crippen MR) is 99.8 cm³/mol. The molecule has 0 bridgehead atoms. The van der Waals surface area contributed by atoms with E-state index in [2.05, 4.69) is 13.8 Å². The number of benzene rings is 1. The fraction of sp³-hybridized carbons (Fsp3) is 0.632. The van der Waals surface area contributed by atoms with Crippen molar-refractivity contribution in [1.82, 2.24) is 4.90 Å². The second-order valence-electron chi connectivity index (χ2n) is 6.08. The molecule has 5 heteroatoms. The van der Waals surface area contributed by atoms with Crippen LogP contribution in [0.2, 0.25) is 0 Å². The number of nitrogens with zero attached hydrogens (tertiary/aromatic N) is 1. The van der Waals surface area contributed by atoms with Gasteiger partial charge in [-0.1, -0.05) is 38.8 Å². The number of rotatable bonds is 8. The molecule has 2 rings (SSSR count). The van der Waals surface area contributed by atoms with E-state index in [0.29, 0.717) is 5.75 Å². The van der Waals surface area contributed by atoms with E-state index >= 15 is 0 Å². The maximum atomic E-state index is 13.1. The third kappa shape index (κ3) is 4.00. The Labute approximate surface area is 149 Å². The van der Waals surface area contributed by atoms with Crippen molar-refractivity contribution < 1.29 is 14.3 Å². The summed E-state index contributed by atoms with van der Waals surface area (Å²) < 4.78 is 11.0. The van der Waals surface area contributed by atoms with E-state index in [4.69, 9.17) is 9.47 Å². The molecule has 1 heterocycles. The average molecular weight is 352 g/mol. The molecule has 1 amide bonds. The van der Waals surface area contributed by atoms with Gasteiger partial charge < -0.3 is 14.4 Å². The Morgan fingerprint density at radius 2 is 2.12 bits per heavy atom. The Morgan fingerprint density at radius 3 is 2.75 bits per heavy atom. The quantitative estimate of drug-likeness (QED) is 0.691. The summed E-state index contributed by atoms with van der Waals surface area (Å²) in [5, 5.41) is 0.0122. The first-order valence-electron chi connectivity index (χ1n) is 8.80. The van der Waals surface area contributed by atoms with Gasteiger partial charge in [-0.15, -0.1) is 11.8 Å². The molecule has 1 aliphatic heterocycles. The minimum Gasteiger partial charge on any atom is -0.493 e. The van der Waals surface area contributed by atoms with Gasteiger partial charge in [-0.25, -0.2) is 0 Å². The molecule has 1 fully saturated rings. The van der Waals surface area contributed by atoms with Crippen molar-refractivity contribution in [3.05, 3.63) is 23.8 Å². The van der Waals surface area contributed by atoms with Crippen molar-refractivity contribution in [2.45, 2.75) is 44.9 Å². The number of para-hydroxylation sites is 1. The molecule has 0 aromatic heterocycles. The second kappa shape index (κ2) is 9.21. The van der Waals surface area contributed by atoms with E-state index < -0.39 is 0 Å². The monoisotopic (exact) mass is 351 g/mol. The van der Waals surface area contributed by atoms with Crippen LogP contribution in [-0.2, 0) is 4.79 Å². The number of methoxy groups -OCH3 is 2. The summed E-state index contributed by atoms with van der Waals surface area (Å²) in [7, 11) is 3.30. The molecule has 0 unspecified atom stereocenters. The number of carbonyl (C=O) groups excluding carboxylic acids is 1. The van der Waals surface area contributed by atoms with Crippen molar-refractivity contribution in [3.8, 4) is 11.5 Å². The standard InChI is InChI=1S/C19H29NO3S/c1-5-7-9-14(6-2)18(21)20-12-13-24-19(20)15-10-8-11-16(22-3)17(15)23-4/h8,10-11,14,19H,5-7,9,12-13H2,1-4H3/t14-,19+/m1/s1. The molecule has 1 aliphatic rings. The van der Waals surface area contributed by atoms with Crippen LogP contribution < -0.4 is 9.47 Å². The average Bonchev–Trinajstić information content (AvgIpc) is 3.10. The van der Waals surface area contributed by atoms with Gasteiger partial charge in [0.2, 0.25) is 5.91 Å². The highest BCUT2D eigenvalue weighted by Crippen LogP contribution is 2.45. The highest BCUT2D eigenvalue weighted by atomic mass is 32.2. The lowest BCUT2D eigenvalue weighted by Crippen LogP contribution is -2.35. The first-order valence-corrected chi connectivity index (χ1v) is 9.85. The summed E-state index contributed by atoms with van der Waals surface area (Å²) in [6.45, 7) is 5.09. The van der Waals surface area contributed by atoms with Gasteiger partial charge in [0, 0.05) is 23.8 Å². The van der Waals surface area contributed by atoms with E-state index in [0.717, 1.165) is 49.3 Å². The third-order valence-electron chi connectivity index (χ3n) is 4.62. The molecule has 24 heavy (non-hydrogen) atoms. The van der Waals surface area contributed by atoms with Gasteiger partial charge >= 0.3 is 0 Å². The number of hydrogen-bond acceptors (Lipinski definition) is 4. The van der Waals surface area contributed by atoms with Crippen LogP contribution in [0.4, 0.5) is 0 Å². The van der Waals surface area contributed by atoms with Gasteiger partial charge in [-0.3, -0.25) is 4.79 Å². The fourth-order valence-electron chi connectivity index (χ4n) is 3.25. The number of thioether (sulfide) groups is 1. The molecule has 134 valence electrons. The molecule has 0 N–H and O–H groups in total. The Balaban J connectivity index is 2.26. The van der Waals surface area contributed by atoms with Crippen LogP contribution in [0.25, 0.3) is 0 Å². The topological polar surface area (TPSA) is 38.8 Å². The first kappa shape index (κ1) is 19.0. The zero-order valence-electron chi connectivity index (χ0n) is 15.2. The highest BCUT2D eigenvalue weighted by molar-refractivity contribution is 7.99. The minimum absolute atomic E-state index is 0.0122. The lowest BCUT2D eigenvalue weighted by Gasteiger charge is -2.29. The number of ether oxygens (including phenoxy) is 2. The van der Waals surface area contributed by atoms with Crippen LogP contribution in [0, 0.1) is 5.92 Å². The van der Waals surface area contributed by atoms with Crippen LogP contribution in [-0.4, -0.2) is 37.3 Å². The van der Waals surface area contributed by atoms with E-state index in [1.807, 2.05) is 23.1 Å². The van der Waals surface area contributed by atoms with Crippen LogP contribution in [0.3, 0.4) is 0 Å². The zero-order chi connectivity index (χ0) is 17.5. The SMILES string of the molecule is CCCC[C@@H](CC)C(=O)N1CCS[C@H]1c1cccc(OC)c1OC. The van der Waals surface area contributed by atoms with Crippen LogP contribution in [0.15, 0.2) is 18.2 Å². The molecular formula is C19H29NO3S. The summed E-state index contributed by atoms with van der Waals surface area (Å²) in [5.74, 6) is 2.82. The van der Waals surface area contributed by atoms with E-state index in [9.17, 15) is 4.79 Å². The highest BCUT2D eigenvalue weighted by Gasteiger charge is 2.35. The predicted octanol–water partition coefficient (Wildman–Crippen LogP) is 4.49. The van der Waals surface area contributed by atoms with Gasteiger partial charge in [0.1, 0.15) is 5.37 Å². The maximum Gasteiger partial charge on any atom is 0.226 e. The third-order valence-corrected chi connectivity index (χ3v) is 5.86. The Bertz CT molecular complexity index is 549. The summed E-state index contributed by atoms with van der Waals surface area (Å²) in [5.41, 5.74) is 1.03. The van der Waals surface area contributed by atoms with E-state index in [1.165, 1.54) is 0 Å². The molecule has 0 radical (unpaired) electrons. The minimum atomic E-state index is 0.0122. The molecule has 1 saturated heterocycles. The Kier molecular flexibility index (Phi) is 7.28. The molecule has 1 aromatic rings. The first-order chi connectivity index (χ1) is 11.7. The lowest BCUT2D eigenvalue weighted by atomic mass is 9.97. The smallest absolute Gasteiger partial charge is 0.226 e. The number of amides is 1. The summed E-state index contributed by atoms with van der Waals surface area (Å²) in [6.07, 6.45) is 4.13. The molecule has 1 aromatic carbocycles. The Morgan fingerprint density at radius 1 is 1.33 bits per heavy atom. The molecule has 4 nitrogen and oxygen atoms in total. The van der Waals surface area contributed by atoms with Crippen molar-refractivity contribution in [3.63, 3.8) is 0 Å².